The second-order valence-corrected chi connectivity index (χ2v) is 3.54. The first kappa shape index (κ1) is 12.0. The minimum Gasteiger partial charge on any atom is -0.481 e. The number of halogens is 1. The number of hydrogen-bond acceptors (Lipinski definition) is 2. The molecule has 1 aromatic rings. The summed E-state index contributed by atoms with van der Waals surface area (Å²) in [5.74, 6) is -1.51. The minimum absolute atomic E-state index is 0.188. The van der Waals surface area contributed by atoms with Crippen molar-refractivity contribution in [3.8, 4) is 0 Å². The van der Waals surface area contributed by atoms with Gasteiger partial charge in [-0.15, -0.1) is 0 Å². The van der Waals surface area contributed by atoms with Crippen molar-refractivity contribution >= 4 is 17.6 Å². The van der Waals surface area contributed by atoms with Gasteiger partial charge in [0.2, 0.25) is 0 Å². The summed E-state index contributed by atoms with van der Waals surface area (Å²) in [6, 6.07) is 6.78. The van der Waals surface area contributed by atoms with Crippen LogP contribution in [0, 0.1) is 0 Å². The third-order valence-corrected chi connectivity index (χ3v) is 2.31. The Labute approximate surface area is 93.6 Å². The topological polar surface area (TPSA) is 46.5 Å². The highest BCUT2D eigenvalue weighted by Gasteiger charge is 2.19. The monoisotopic (exact) mass is 228 g/mol. The molecule has 1 atom stereocenters. The summed E-state index contributed by atoms with van der Waals surface area (Å²) in [5.41, 5.74) is 0.709. The maximum atomic E-state index is 11.0. The lowest BCUT2D eigenvalue weighted by molar-refractivity contribution is -0.140. The molecule has 82 valence electrons. The van der Waals surface area contributed by atoms with E-state index in [-0.39, 0.29) is 6.61 Å². The highest BCUT2D eigenvalue weighted by Crippen LogP contribution is 2.19. The number of aliphatic carboxylic acids is 1. The summed E-state index contributed by atoms with van der Waals surface area (Å²) in [5, 5.41) is 9.61. The quantitative estimate of drug-likeness (QED) is 0.843. The Morgan fingerprint density at radius 2 is 2.07 bits per heavy atom. The van der Waals surface area contributed by atoms with Crippen LogP contribution in [0.4, 0.5) is 0 Å². The molecule has 0 aliphatic heterocycles. The molecular weight excluding hydrogens is 216 g/mol. The summed E-state index contributed by atoms with van der Waals surface area (Å²) in [4.78, 5) is 11.0. The van der Waals surface area contributed by atoms with Crippen LogP contribution in [0.1, 0.15) is 18.4 Å². The van der Waals surface area contributed by atoms with E-state index in [2.05, 4.69) is 0 Å². The van der Waals surface area contributed by atoms with Gasteiger partial charge in [0.05, 0.1) is 6.61 Å². The van der Waals surface area contributed by atoms with E-state index in [4.69, 9.17) is 21.4 Å². The molecule has 0 saturated heterocycles. The van der Waals surface area contributed by atoms with Crippen LogP contribution in [0.25, 0.3) is 0 Å². The fourth-order valence-electron chi connectivity index (χ4n) is 1.24. The van der Waals surface area contributed by atoms with Crippen molar-refractivity contribution in [3.05, 3.63) is 34.9 Å². The van der Waals surface area contributed by atoms with Gasteiger partial charge < -0.3 is 9.84 Å². The molecule has 0 bridgehead atoms. The number of carboxylic acid groups (broad SMARTS) is 1. The predicted octanol–water partition coefficient (Wildman–Crippen LogP) is 2.54. The van der Waals surface area contributed by atoms with E-state index >= 15 is 0 Å². The minimum atomic E-state index is -0.884. The molecule has 15 heavy (non-hydrogen) atoms. The molecule has 0 amide bonds. The summed E-state index contributed by atoms with van der Waals surface area (Å²) in [6.45, 7) is 2.53. The zero-order valence-corrected chi connectivity index (χ0v) is 9.20. The maximum Gasteiger partial charge on any atom is 0.313 e. The normalized spacial score (nSPS) is 12.4. The Morgan fingerprint density at radius 3 is 2.53 bits per heavy atom. The van der Waals surface area contributed by atoms with Gasteiger partial charge >= 0.3 is 5.97 Å². The van der Waals surface area contributed by atoms with E-state index < -0.39 is 11.9 Å². The maximum absolute atomic E-state index is 11.0. The zero-order valence-electron chi connectivity index (χ0n) is 8.44. The smallest absolute Gasteiger partial charge is 0.313 e. The van der Waals surface area contributed by atoms with Crippen molar-refractivity contribution < 1.29 is 14.6 Å². The number of hydrogen-bond donors (Lipinski definition) is 1. The molecule has 1 rings (SSSR count). The summed E-state index contributed by atoms with van der Waals surface area (Å²) in [7, 11) is 0. The molecule has 4 heteroatoms. The van der Waals surface area contributed by atoms with Crippen LogP contribution in [0.15, 0.2) is 24.3 Å². The van der Waals surface area contributed by atoms with Gasteiger partial charge in [-0.05, 0) is 24.6 Å². The molecule has 0 fully saturated rings. The highest BCUT2D eigenvalue weighted by atomic mass is 35.5. The van der Waals surface area contributed by atoms with Crippen LogP contribution in [0.5, 0.6) is 0 Å². The van der Waals surface area contributed by atoms with Crippen molar-refractivity contribution in [2.24, 2.45) is 0 Å². The second kappa shape index (κ2) is 5.73. The lowest BCUT2D eigenvalue weighted by Crippen LogP contribution is -2.17. The first-order valence-corrected chi connectivity index (χ1v) is 5.09. The Balaban J connectivity index is 2.79. The number of rotatable bonds is 5. The Hall–Kier alpha value is -1.06. The number of benzene rings is 1. The highest BCUT2D eigenvalue weighted by molar-refractivity contribution is 6.30. The number of carboxylic acids is 1. The van der Waals surface area contributed by atoms with E-state index in [9.17, 15) is 4.79 Å². The predicted molar refractivity (Wildman–Crippen MR) is 58.3 cm³/mol. The van der Waals surface area contributed by atoms with Crippen molar-refractivity contribution in [3.63, 3.8) is 0 Å². The van der Waals surface area contributed by atoms with Gasteiger partial charge in [-0.25, -0.2) is 0 Å². The third kappa shape index (κ3) is 3.53. The molecule has 0 heterocycles. The van der Waals surface area contributed by atoms with Crippen molar-refractivity contribution in [2.45, 2.75) is 12.8 Å². The third-order valence-electron chi connectivity index (χ3n) is 2.06. The Morgan fingerprint density at radius 1 is 1.47 bits per heavy atom. The van der Waals surface area contributed by atoms with Crippen LogP contribution < -0.4 is 0 Å². The van der Waals surface area contributed by atoms with Gasteiger partial charge in [0.25, 0.3) is 0 Å². The number of carbonyl (C=O) groups is 1. The first-order valence-electron chi connectivity index (χ1n) is 4.71. The molecule has 0 aliphatic rings. The van der Waals surface area contributed by atoms with Gasteiger partial charge in [-0.3, -0.25) is 4.79 Å². The van der Waals surface area contributed by atoms with Crippen molar-refractivity contribution in [1.29, 1.82) is 0 Å². The van der Waals surface area contributed by atoms with E-state index in [1.54, 1.807) is 24.3 Å². The molecule has 0 radical (unpaired) electrons. The van der Waals surface area contributed by atoms with Crippen LogP contribution in [-0.4, -0.2) is 24.3 Å². The van der Waals surface area contributed by atoms with Crippen molar-refractivity contribution in [2.75, 3.05) is 13.2 Å². The van der Waals surface area contributed by atoms with Gasteiger partial charge in [-0.1, -0.05) is 23.7 Å². The summed E-state index contributed by atoms with van der Waals surface area (Å²) < 4.78 is 5.13. The Bertz CT molecular complexity index is 321. The standard InChI is InChI=1S/C11H13ClO3/c1-2-15-7-10(11(13)14)8-3-5-9(12)6-4-8/h3-6,10H,2,7H2,1H3,(H,13,14). The summed E-state index contributed by atoms with van der Waals surface area (Å²) in [6.07, 6.45) is 0. The van der Waals surface area contributed by atoms with E-state index in [1.807, 2.05) is 6.92 Å². The van der Waals surface area contributed by atoms with E-state index in [0.717, 1.165) is 0 Å². The fraction of sp³-hybridized carbons (Fsp3) is 0.364. The first-order chi connectivity index (χ1) is 7.15. The second-order valence-electron chi connectivity index (χ2n) is 3.10. The molecular formula is C11H13ClO3. The van der Waals surface area contributed by atoms with E-state index in [1.165, 1.54) is 0 Å². The van der Waals surface area contributed by atoms with E-state index in [0.29, 0.717) is 17.2 Å². The summed E-state index contributed by atoms with van der Waals surface area (Å²) >= 11 is 5.72. The van der Waals surface area contributed by atoms with Gasteiger partial charge in [0.1, 0.15) is 5.92 Å². The molecule has 0 saturated carbocycles. The Kier molecular flexibility index (Phi) is 4.59. The molecule has 1 N–H and O–H groups in total. The molecule has 3 nitrogen and oxygen atoms in total. The van der Waals surface area contributed by atoms with Crippen molar-refractivity contribution in [1.82, 2.24) is 0 Å². The molecule has 0 aliphatic carbocycles. The fourth-order valence-corrected chi connectivity index (χ4v) is 1.37. The average Bonchev–Trinajstić information content (AvgIpc) is 2.21. The van der Waals surface area contributed by atoms with Gasteiger partial charge in [0.15, 0.2) is 0 Å². The molecule has 0 spiro atoms. The average molecular weight is 229 g/mol. The molecule has 0 aromatic heterocycles. The van der Waals surface area contributed by atoms with Crippen LogP contribution >= 0.6 is 11.6 Å². The largest absolute Gasteiger partial charge is 0.481 e. The SMILES string of the molecule is CCOCC(C(=O)O)c1ccc(Cl)cc1. The van der Waals surface area contributed by atoms with Gasteiger partial charge in [-0.2, -0.15) is 0 Å². The zero-order chi connectivity index (χ0) is 11.3. The lowest BCUT2D eigenvalue weighted by atomic mass is 10.0. The van der Waals surface area contributed by atoms with Crippen LogP contribution in [0.2, 0.25) is 5.02 Å². The van der Waals surface area contributed by atoms with Gasteiger partial charge in [0, 0.05) is 11.6 Å². The number of ether oxygens (including phenoxy) is 1. The van der Waals surface area contributed by atoms with Crippen LogP contribution in [0.3, 0.4) is 0 Å². The molecule has 1 aromatic carbocycles. The lowest BCUT2D eigenvalue weighted by Gasteiger charge is -2.12. The van der Waals surface area contributed by atoms with Crippen LogP contribution in [-0.2, 0) is 9.53 Å². The molecule has 1 unspecified atom stereocenters.